The number of carboxylic acids is 1. The van der Waals surface area contributed by atoms with Crippen LogP contribution in [0.25, 0.3) is 0 Å². The van der Waals surface area contributed by atoms with Crippen LogP contribution in [-0.4, -0.2) is 5.97 Å². The maximum absolute atomic E-state index is 9.76. The molecular formula is C6H11O2Zn-. The van der Waals surface area contributed by atoms with Gasteiger partial charge < -0.3 is 9.90 Å². The summed E-state index contributed by atoms with van der Waals surface area (Å²) in [7, 11) is 0. The van der Waals surface area contributed by atoms with Gasteiger partial charge in [-0.05, 0) is 12.8 Å². The molecule has 0 aliphatic heterocycles. The molecule has 0 N–H and O–H groups in total. The van der Waals surface area contributed by atoms with E-state index < -0.39 is 5.97 Å². The van der Waals surface area contributed by atoms with Gasteiger partial charge in [0.25, 0.3) is 0 Å². The Kier molecular flexibility index (Phi) is 10.6. The minimum absolute atomic E-state index is 0. The molecule has 0 bridgehead atoms. The number of hydrogen-bond acceptors (Lipinski definition) is 2. The van der Waals surface area contributed by atoms with Crippen LogP contribution in [0.3, 0.4) is 0 Å². The Hall–Kier alpha value is 0.0934. The largest absolute Gasteiger partial charge is 0.550 e. The molecule has 0 aromatic carbocycles. The molecule has 0 saturated heterocycles. The molecule has 0 rings (SSSR count). The van der Waals surface area contributed by atoms with E-state index in [1.165, 1.54) is 0 Å². The predicted molar refractivity (Wildman–Crippen MR) is 29.1 cm³/mol. The van der Waals surface area contributed by atoms with Crippen molar-refractivity contribution in [1.82, 2.24) is 0 Å². The number of rotatable bonds is 4. The monoisotopic (exact) mass is 179 g/mol. The maximum Gasteiger partial charge on any atom is 0.0414 e. The summed E-state index contributed by atoms with van der Waals surface area (Å²) in [6, 6.07) is 0. The fraction of sp³-hybridized carbons (Fsp3) is 0.833. The first-order valence-corrected chi connectivity index (χ1v) is 2.97. The summed E-state index contributed by atoms with van der Waals surface area (Å²) < 4.78 is 0. The van der Waals surface area contributed by atoms with Gasteiger partial charge >= 0.3 is 0 Å². The molecule has 0 aromatic rings. The van der Waals surface area contributed by atoms with Gasteiger partial charge in [0.15, 0.2) is 0 Å². The molecule has 0 atom stereocenters. The van der Waals surface area contributed by atoms with Crippen LogP contribution in [0.2, 0.25) is 0 Å². The fourth-order valence-electron chi connectivity index (χ4n) is 0.519. The van der Waals surface area contributed by atoms with E-state index in [2.05, 4.69) is 0 Å². The van der Waals surface area contributed by atoms with Crippen LogP contribution in [0.5, 0.6) is 0 Å². The van der Waals surface area contributed by atoms with E-state index in [4.69, 9.17) is 0 Å². The van der Waals surface area contributed by atoms with E-state index in [-0.39, 0.29) is 25.9 Å². The van der Waals surface area contributed by atoms with Crippen LogP contribution >= 0.6 is 0 Å². The Morgan fingerprint density at radius 2 is 2.00 bits per heavy atom. The van der Waals surface area contributed by atoms with Crippen LogP contribution < -0.4 is 5.11 Å². The molecule has 0 aromatic heterocycles. The molecule has 2 nitrogen and oxygen atoms in total. The second-order valence-electron chi connectivity index (χ2n) is 1.83. The van der Waals surface area contributed by atoms with E-state index in [1.807, 2.05) is 6.92 Å². The van der Waals surface area contributed by atoms with Crippen molar-refractivity contribution >= 4 is 5.97 Å². The van der Waals surface area contributed by atoms with Gasteiger partial charge in [0.05, 0.1) is 0 Å². The van der Waals surface area contributed by atoms with Crippen molar-refractivity contribution in [3.05, 3.63) is 0 Å². The van der Waals surface area contributed by atoms with Crippen molar-refractivity contribution in [3.8, 4) is 0 Å². The quantitative estimate of drug-likeness (QED) is 0.462. The van der Waals surface area contributed by atoms with Crippen LogP contribution in [0.1, 0.15) is 32.6 Å². The minimum Gasteiger partial charge on any atom is -0.550 e. The molecule has 0 amide bonds. The van der Waals surface area contributed by atoms with Crippen LogP contribution in [-0.2, 0) is 24.3 Å². The van der Waals surface area contributed by atoms with E-state index in [9.17, 15) is 9.90 Å². The molecular weight excluding hydrogens is 169 g/mol. The maximum atomic E-state index is 9.76. The third kappa shape index (κ3) is 11.6. The van der Waals surface area contributed by atoms with Crippen molar-refractivity contribution in [2.45, 2.75) is 32.6 Å². The molecule has 0 aliphatic rings. The Labute approximate surface area is 68.4 Å². The number of carbonyl (C=O) groups excluding carboxylic acids is 1. The van der Waals surface area contributed by atoms with Gasteiger partial charge in [-0.3, -0.25) is 0 Å². The molecule has 3 heteroatoms. The molecule has 0 aliphatic carbocycles. The first-order chi connectivity index (χ1) is 3.77. The Morgan fingerprint density at radius 3 is 2.33 bits per heavy atom. The van der Waals surface area contributed by atoms with E-state index in [0.29, 0.717) is 0 Å². The summed E-state index contributed by atoms with van der Waals surface area (Å²) in [6.07, 6.45) is 3.04. The van der Waals surface area contributed by atoms with Gasteiger partial charge in [-0.25, -0.2) is 0 Å². The molecule has 0 saturated carbocycles. The number of unbranched alkanes of at least 4 members (excludes halogenated alkanes) is 2. The molecule has 0 spiro atoms. The number of aliphatic carboxylic acids is 1. The molecule has 0 radical (unpaired) electrons. The Balaban J connectivity index is 0. The van der Waals surface area contributed by atoms with Crippen molar-refractivity contribution in [1.29, 1.82) is 0 Å². The van der Waals surface area contributed by atoms with Gasteiger partial charge in [0.2, 0.25) is 0 Å². The Morgan fingerprint density at radius 1 is 1.44 bits per heavy atom. The second kappa shape index (κ2) is 8.09. The average Bonchev–Trinajstić information content (AvgIpc) is 1.66. The summed E-state index contributed by atoms with van der Waals surface area (Å²) in [6.45, 7) is 2.04. The molecule has 0 unspecified atom stereocenters. The first-order valence-electron chi connectivity index (χ1n) is 2.97. The normalized spacial score (nSPS) is 8.11. The summed E-state index contributed by atoms with van der Waals surface area (Å²) in [5.41, 5.74) is 0. The SMILES string of the molecule is CCCCCC(=O)[O-].[Zn]. The molecule has 50 valence electrons. The molecule has 9 heavy (non-hydrogen) atoms. The smallest absolute Gasteiger partial charge is 0.0414 e. The zero-order chi connectivity index (χ0) is 6.41. The van der Waals surface area contributed by atoms with Gasteiger partial charge in [-0.15, -0.1) is 0 Å². The van der Waals surface area contributed by atoms with Crippen molar-refractivity contribution in [3.63, 3.8) is 0 Å². The van der Waals surface area contributed by atoms with E-state index in [0.717, 1.165) is 19.3 Å². The zero-order valence-electron chi connectivity index (χ0n) is 5.85. The summed E-state index contributed by atoms with van der Waals surface area (Å²) in [4.78, 5) is 9.76. The average molecular weight is 181 g/mol. The Bertz CT molecular complexity index is 73.5. The van der Waals surface area contributed by atoms with Gasteiger partial charge in [-0.1, -0.05) is 19.8 Å². The van der Waals surface area contributed by atoms with Crippen molar-refractivity contribution < 1.29 is 29.4 Å². The van der Waals surface area contributed by atoms with Crippen molar-refractivity contribution in [2.24, 2.45) is 0 Å². The number of hydrogen-bond donors (Lipinski definition) is 0. The van der Waals surface area contributed by atoms with E-state index >= 15 is 0 Å². The van der Waals surface area contributed by atoms with Gasteiger partial charge in [0, 0.05) is 25.4 Å². The zero-order valence-corrected chi connectivity index (χ0v) is 8.82. The second-order valence-corrected chi connectivity index (χ2v) is 1.83. The van der Waals surface area contributed by atoms with Crippen LogP contribution in [0.15, 0.2) is 0 Å². The fourth-order valence-corrected chi connectivity index (χ4v) is 0.519. The first kappa shape index (κ1) is 11.8. The number of carbonyl (C=O) groups is 1. The topological polar surface area (TPSA) is 40.1 Å². The predicted octanol–water partition coefficient (Wildman–Crippen LogP) is 0.314. The van der Waals surface area contributed by atoms with E-state index in [1.54, 1.807) is 0 Å². The van der Waals surface area contributed by atoms with Gasteiger partial charge in [0.1, 0.15) is 0 Å². The van der Waals surface area contributed by atoms with Crippen molar-refractivity contribution in [2.75, 3.05) is 0 Å². The molecule has 0 heterocycles. The summed E-state index contributed by atoms with van der Waals surface area (Å²) in [5.74, 6) is -0.932. The summed E-state index contributed by atoms with van der Waals surface area (Å²) in [5, 5.41) is 9.76. The van der Waals surface area contributed by atoms with Crippen LogP contribution in [0, 0.1) is 0 Å². The third-order valence-corrected chi connectivity index (χ3v) is 0.984. The third-order valence-electron chi connectivity index (χ3n) is 0.984. The molecule has 0 fully saturated rings. The summed E-state index contributed by atoms with van der Waals surface area (Å²) >= 11 is 0. The van der Waals surface area contributed by atoms with Crippen LogP contribution in [0.4, 0.5) is 0 Å². The van der Waals surface area contributed by atoms with Gasteiger partial charge in [-0.2, -0.15) is 0 Å². The minimum atomic E-state index is -0.932. The number of carboxylic acid groups (broad SMARTS) is 1. The standard InChI is InChI=1S/C6H12O2.Zn/c1-2-3-4-5-6(7)8;/h2-5H2,1H3,(H,7,8);/p-1.